The summed E-state index contributed by atoms with van der Waals surface area (Å²) >= 11 is 1.73. The molecule has 1 amide bonds. The lowest BCUT2D eigenvalue weighted by atomic mass is 10.0. The molecule has 29 heavy (non-hydrogen) atoms. The van der Waals surface area contributed by atoms with E-state index in [0.29, 0.717) is 19.0 Å². The maximum Gasteiger partial charge on any atom is 0.220 e. The lowest BCUT2D eigenvalue weighted by molar-refractivity contribution is -0.121. The maximum atomic E-state index is 12.4. The smallest absolute Gasteiger partial charge is 0.220 e. The van der Waals surface area contributed by atoms with Gasteiger partial charge in [-0.05, 0) is 50.0 Å². The highest BCUT2D eigenvalue weighted by molar-refractivity contribution is 7.18. The second kappa shape index (κ2) is 11.1. The Bertz CT molecular complexity index is 856. The molecule has 0 bridgehead atoms. The minimum atomic E-state index is 0.135. The highest BCUT2D eigenvalue weighted by Crippen LogP contribution is 2.22. The molecule has 3 rings (SSSR count). The van der Waals surface area contributed by atoms with Gasteiger partial charge in [0.05, 0.1) is 15.2 Å². The van der Waals surface area contributed by atoms with Crippen molar-refractivity contribution in [2.24, 2.45) is 0 Å². The van der Waals surface area contributed by atoms with Crippen molar-refractivity contribution in [3.8, 4) is 0 Å². The van der Waals surface area contributed by atoms with Crippen molar-refractivity contribution < 1.29 is 4.79 Å². The van der Waals surface area contributed by atoms with Gasteiger partial charge in [-0.1, -0.05) is 56.3 Å². The van der Waals surface area contributed by atoms with E-state index in [2.05, 4.69) is 59.4 Å². The molecular formula is C24H31N3OS. The molecule has 4 nitrogen and oxygen atoms in total. The summed E-state index contributed by atoms with van der Waals surface area (Å²) in [5.74, 6) is 0.135. The van der Waals surface area contributed by atoms with Crippen molar-refractivity contribution in [2.75, 3.05) is 19.6 Å². The topological polar surface area (TPSA) is 45.2 Å². The number of rotatable bonds is 11. The highest BCUT2D eigenvalue weighted by Gasteiger charge is 2.17. The molecule has 0 aliphatic rings. The molecule has 154 valence electrons. The van der Waals surface area contributed by atoms with Crippen LogP contribution in [-0.4, -0.2) is 41.5 Å². The Morgan fingerprint density at radius 1 is 1.07 bits per heavy atom. The van der Waals surface area contributed by atoms with Crippen molar-refractivity contribution in [3.05, 3.63) is 65.2 Å². The summed E-state index contributed by atoms with van der Waals surface area (Å²) in [5, 5.41) is 4.28. The average molecular weight is 410 g/mol. The molecule has 0 saturated carbocycles. The Hall–Kier alpha value is -2.24. The van der Waals surface area contributed by atoms with E-state index in [1.54, 1.807) is 11.3 Å². The third kappa shape index (κ3) is 6.38. The zero-order valence-electron chi connectivity index (χ0n) is 17.4. The number of carbonyl (C=O) groups excluding carboxylic acids is 1. The van der Waals surface area contributed by atoms with Gasteiger partial charge in [-0.15, -0.1) is 11.3 Å². The molecule has 0 radical (unpaired) electrons. The Morgan fingerprint density at radius 3 is 2.52 bits per heavy atom. The van der Waals surface area contributed by atoms with Crippen LogP contribution in [0.3, 0.4) is 0 Å². The number of carbonyl (C=O) groups is 1. The fourth-order valence-corrected chi connectivity index (χ4v) is 4.71. The molecule has 0 aliphatic heterocycles. The monoisotopic (exact) mass is 409 g/mol. The molecule has 3 aromatic rings. The van der Waals surface area contributed by atoms with E-state index in [1.807, 2.05) is 24.3 Å². The van der Waals surface area contributed by atoms with Gasteiger partial charge in [-0.2, -0.15) is 0 Å². The number of nitrogens with zero attached hydrogens (tertiary/aromatic N) is 2. The van der Waals surface area contributed by atoms with Crippen LogP contribution in [0, 0.1) is 0 Å². The molecule has 2 aromatic carbocycles. The van der Waals surface area contributed by atoms with Crippen LogP contribution in [0.2, 0.25) is 0 Å². The van der Waals surface area contributed by atoms with Crippen LogP contribution in [0.15, 0.2) is 54.6 Å². The van der Waals surface area contributed by atoms with Crippen LogP contribution >= 0.6 is 11.3 Å². The molecule has 1 atom stereocenters. The Labute approximate surface area is 178 Å². The fraction of sp³-hybridized carbons (Fsp3) is 0.417. The number of hydrogen-bond donors (Lipinski definition) is 1. The van der Waals surface area contributed by atoms with Crippen LogP contribution in [0.4, 0.5) is 0 Å². The average Bonchev–Trinajstić information content (AvgIpc) is 3.16. The van der Waals surface area contributed by atoms with E-state index < -0.39 is 0 Å². The zero-order valence-corrected chi connectivity index (χ0v) is 18.3. The third-order valence-corrected chi connectivity index (χ3v) is 6.41. The molecule has 1 heterocycles. The minimum absolute atomic E-state index is 0.135. The van der Waals surface area contributed by atoms with Crippen molar-refractivity contribution >= 4 is 27.5 Å². The van der Waals surface area contributed by atoms with Gasteiger partial charge in [-0.3, -0.25) is 9.69 Å². The Morgan fingerprint density at radius 2 is 1.79 bits per heavy atom. The molecule has 1 aromatic heterocycles. The molecule has 0 aliphatic carbocycles. The molecule has 1 N–H and O–H groups in total. The van der Waals surface area contributed by atoms with Crippen molar-refractivity contribution in [3.63, 3.8) is 0 Å². The van der Waals surface area contributed by atoms with Crippen LogP contribution in [-0.2, 0) is 17.6 Å². The number of fused-ring (bicyclic) bond motifs is 1. The first-order valence-electron chi connectivity index (χ1n) is 10.6. The summed E-state index contributed by atoms with van der Waals surface area (Å²) in [5.41, 5.74) is 2.37. The van der Waals surface area contributed by atoms with E-state index >= 15 is 0 Å². The van der Waals surface area contributed by atoms with Gasteiger partial charge < -0.3 is 5.32 Å². The van der Waals surface area contributed by atoms with Gasteiger partial charge in [0.15, 0.2) is 0 Å². The van der Waals surface area contributed by atoms with E-state index in [4.69, 9.17) is 0 Å². The van der Waals surface area contributed by atoms with Crippen LogP contribution in [0.25, 0.3) is 10.2 Å². The minimum Gasteiger partial charge on any atom is -0.355 e. The maximum absolute atomic E-state index is 12.4. The summed E-state index contributed by atoms with van der Waals surface area (Å²) < 4.78 is 1.22. The van der Waals surface area contributed by atoms with Gasteiger partial charge in [0.2, 0.25) is 5.91 Å². The Kier molecular flexibility index (Phi) is 8.20. The van der Waals surface area contributed by atoms with Gasteiger partial charge >= 0.3 is 0 Å². The standard InChI is InChI=1S/C24H31N3OS/c1-3-27(4-2)20(17-19-11-6-5-7-12-19)18-25-23(28)15-10-16-24-26-21-13-8-9-14-22(21)29-24/h5-9,11-14,20H,3-4,10,15-18H2,1-2H3,(H,25,28). The first-order chi connectivity index (χ1) is 14.2. The van der Waals surface area contributed by atoms with Crippen LogP contribution in [0.5, 0.6) is 0 Å². The number of aromatic nitrogens is 1. The summed E-state index contributed by atoms with van der Waals surface area (Å²) in [6.07, 6.45) is 3.19. The van der Waals surface area contributed by atoms with Gasteiger partial charge in [0.1, 0.15) is 0 Å². The summed E-state index contributed by atoms with van der Waals surface area (Å²) in [6, 6.07) is 19.0. The SMILES string of the molecule is CCN(CC)C(CNC(=O)CCCc1nc2ccccc2s1)Cc1ccccc1. The number of likely N-dealkylation sites (N-methyl/N-ethyl adjacent to an activating group) is 1. The summed E-state index contributed by atoms with van der Waals surface area (Å²) in [6.45, 7) is 7.03. The van der Waals surface area contributed by atoms with Gasteiger partial charge in [-0.25, -0.2) is 4.98 Å². The molecular weight excluding hydrogens is 378 g/mol. The Balaban J connectivity index is 1.47. The van der Waals surface area contributed by atoms with E-state index in [0.717, 1.165) is 42.9 Å². The second-order valence-corrected chi connectivity index (χ2v) is 8.41. The predicted molar refractivity (Wildman–Crippen MR) is 122 cm³/mol. The predicted octanol–water partition coefficient (Wildman–Crippen LogP) is 4.69. The zero-order chi connectivity index (χ0) is 20.5. The normalized spacial score (nSPS) is 12.4. The number of nitrogens with one attached hydrogen (secondary N) is 1. The number of benzene rings is 2. The number of hydrogen-bond acceptors (Lipinski definition) is 4. The number of para-hydroxylation sites is 1. The largest absolute Gasteiger partial charge is 0.355 e. The van der Waals surface area contributed by atoms with E-state index in [-0.39, 0.29) is 5.91 Å². The second-order valence-electron chi connectivity index (χ2n) is 7.30. The van der Waals surface area contributed by atoms with Gasteiger partial charge in [0.25, 0.3) is 0 Å². The molecule has 0 fully saturated rings. The molecule has 5 heteroatoms. The summed E-state index contributed by atoms with van der Waals surface area (Å²) in [7, 11) is 0. The lowest BCUT2D eigenvalue weighted by Gasteiger charge is -2.30. The van der Waals surface area contributed by atoms with Crippen molar-refractivity contribution in [1.29, 1.82) is 0 Å². The van der Waals surface area contributed by atoms with E-state index in [1.165, 1.54) is 10.3 Å². The number of aryl methyl sites for hydroxylation is 1. The summed E-state index contributed by atoms with van der Waals surface area (Å²) in [4.78, 5) is 19.5. The lowest BCUT2D eigenvalue weighted by Crippen LogP contribution is -2.45. The quantitative estimate of drug-likeness (QED) is 0.500. The van der Waals surface area contributed by atoms with Crippen molar-refractivity contribution in [2.45, 2.75) is 45.6 Å². The number of thiazole rings is 1. The van der Waals surface area contributed by atoms with Gasteiger partial charge in [0, 0.05) is 19.0 Å². The van der Waals surface area contributed by atoms with E-state index in [9.17, 15) is 4.79 Å². The van der Waals surface area contributed by atoms with Crippen molar-refractivity contribution in [1.82, 2.24) is 15.2 Å². The fourth-order valence-electron chi connectivity index (χ4n) is 3.70. The van der Waals surface area contributed by atoms with Crippen LogP contribution < -0.4 is 5.32 Å². The molecule has 0 spiro atoms. The first-order valence-corrected chi connectivity index (χ1v) is 11.4. The first kappa shape index (κ1) is 21.5. The number of amides is 1. The third-order valence-electron chi connectivity index (χ3n) is 5.31. The van der Waals surface area contributed by atoms with Crippen LogP contribution in [0.1, 0.15) is 37.3 Å². The highest BCUT2D eigenvalue weighted by atomic mass is 32.1. The molecule has 0 saturated heterocycles. The molecule has 1 unspecified atom stereocenters.